The average Bonchev–Trinajstić information content (AvgIpc) is 2.93. The monoisotopic (exact) mass is 451 g/mol. The van der Waals surface area contributed by atoms with E-state index in [9.17, 15) is 19.5 Å². The van der Waals surface area contributed by atoms with Crippen LogP contribution in [0.3, 0.4) is 0 Å². The summed E-state index contributed by atoms with van der Waals surface area (Å²) in [6, 6.07) is 0. The molecule has 3 unspecified atom stereocenters. The van der Waals surface area contributed by atoms with Crippen molar-refractivity contribution in [2.75, 3.05) is 7.11 Å². The molecule has 2 aliphatic carbocycles. The van der Waals surface area contributed by atoms with Crippen LogP contribution in [-0.2, 0) is 23.9 Å². The molecule has 0 heterocycles. The van der Waals surface area contributed by atoms with E-state index in [-0.39, 0.29) is 15.9 Å². The maximum atomic E-state index is 12.6. The average molecular weight is 451 g/mol. The predicted molar refractivity (Wildman–Crippen MR) is 93.4 cm³/mol. The fourth-order valence-corrected chi connectivity index (χ4v) is 3.73. The molecule has 1 saturated carbocycles. The molecule has 1 amide bonds. The zero-order chi connectivity index (χ0) is 18.3. The molecular weight excluding hydrogens is 429 g/mol. The molecule has 0 aromatic carbocycles. The Morgan fingerprint density at radius 3 is 2.42 bits per heavy atom. The molecule has 2 N–H and O–H groups in total. The third-order valence-electron chi connectivity index (χ3n) is 3.95. The number of hydrogen-bond donors (Lipinski definition) is 2. The number of halogens is 1. The Bertz CT molecular complexity index is 596. The molecule has 0 saturated heterocycles. The molecular formula is C16H22INO6. The van der Waals surface area contributed by atoms with Crippen molar-refractivity contribution in [3.8, 4) is 0 Å². The van der Waals surface area contributed by atoms with Crippen molar-refractivity contribution in [3.05, 3.63) is 11.6 Å². The molecule has 0 bridgehead atoms. The van der Waals surface area contributed by atoms with Gasteiger partial charge in [0.25, 0.3) is 0 Å². The van der Waals surface area contributed by atoms with E-state index in [0.717, 1.165) is 0 Å². The van der Waals surface area contributed by atoms with Gasteiger partial charge in [-0.25, -0.2) is 9.59 Å². The van der Waals surface area contributed by atoms with E-state index in [4.69, 9.17) is 4.74 Å². The van der Waals surface area contributed by atoms with Crippen LogP contribution in [0.4, 0.5) is 0 Å². The second-order valence-corrected chi connectivity index (χ2v) is 8.61. The van der Waals surface area contributed by atoms with Gasteiger partial charge in [0.2, 0.25) is 5.91 Å². The number of ether oxygens (including phenoxy) is 2. The summed E-state index contributed by atoms with van der Waals surface area (Å²) in [5.74, 6) is -2.45. The van der Waals surface area contributed by atoms with Crippen molar-refractivity contribution in [1.29, 1.82) is 0 Å². The van der Waals surface area contributed by atoms with Crippen LogP contribution < -0.4 is 5.32 Å². The third kappa shape index (κ3) is 3.90. The highest BCUT2D eigenvalue weighted by Crippen LogP contribution is 2.45. The van der Waals surface area contributed by atoms with Crippen molar-refractivity contribution in [1.82, 2.24) is 5.32 Å². The van der Waals surface area contributed by atoms with Crippen LogP contribution >= 0.6 is 22.6 Å². The molecule has 7 nitrogen and oxygen atoms in total. The van der Waals surface area contributed by atoms with Gasteiger partial charge in [0.1, 0.15) is 5.60 Å². The highest BCUT2D eigenvalue weighted by Gasteiger charge is 2.62. The standard InChI is InChI=1S/C16H22INO6/c1-15(2,3)24-14(22)16(7-11(16)17)18-12(20)9-5-8(19)6-10(9)13(21)23-4/h6,8-9,11,19H,5,7H2,1-4H3,(H,18,20)/t8?,9?,11-,16?/m1/s1. The smallest absolute Gasteiger partial charge is 0.334 e. The summed E-state index contributed by atoms with van der Waals surface area (Å²) in [4.78, 5) is 36.8. The lowest BCUT2D eigenvalue weighted by Crippen LogP contribution is -2.50. The first-order valence-electron chi connectivity index (χ1n) is 7.68. The van der Waals surface area contributed by atoms with Gasteiger partial charge in [-0.2, -0.15) is 0 Å². The molecule has 24 heavy (non-hydrogen) atoms. The predicted octanol–water partition coefficient (Wildman–Crippen LogP) is 0.871. The summed E-state index contributed by atoms with van der Waals surface area (Å²) in [6.45, 7) is 5.28. The van der Waals surface area contributed by atoms with E-state index in [0.29, 0.717) is 6.42 Å². The van der Waals surface area contributed by atoms with Crippen LogP contribution in [0.25, 0.3) is 0 Å². The molecule has 0 aromatic rings. The topological polar surface area (TPSA) is 102 Å². The minimum Gasteiger partial charge on any atom is -0.466 e. The van der Waals surface area contributed by atoms with Gasteiger partial charge in [0, 0.05) is 9.50 Å². The van der Waals surface area contributed by atoms with E-state index in [1.807, 2.05) is 0 Å². The third-order valence-corrected chi connectivity index (χ3v) is 5.45. The number of aliphatic hydroxyl groups is 1. The molecule has 0 aliphatic heterocycles. The number of carbonyl (C=O) groups is 3. The summed E-state index contributed by atoms with van der Waals surface area (Å²) < 4.78 is 9.98. The van der Waals surface area contributed by atoms with Crippen LogP contribution in [0.15, 0.2) is 11.6 Å². The van der Waals surface area contributed by atoms with E-state index < -0.39 is 41.0 Å². The van der Waals surface area contributed by atoms with Crippen molar-refractivity contribution >= 4 is 40.4 Å². The number of hydrogen-bond acceptors (Lipinski definition) is 6. The lowest BCUT2D eigenvalue weighted by molar-refractivity contribution is -0.160. The molecule has 0 aromatic heterocycles. The SMILES string of the molecule is COC(=O)C1=CC(O)CC1C(=O)NC1(C(=O)OC(C)(C)C)C[C@H]1I. The first-order valence-corrected chi connectivity index (χ1v) is 8.92. The second kappa shape index (κ2) is 6.62. The van der Waals surface area contributed by atoms with Crippen molar-refractivity contribution in [3.63, 3.8) is 0 Å². The lowest BCUT2D eigenvalue weighted by atomic mass is 9.99. The Hall–Kier alpha value is -1.16. The number of aliphatic hydroxyl groups excluding tert-OH is 1. The second-order valence-electron chi connectivity index (χ2n) is 7.10. The Morgan fingerprint density at radius 1 is 1.38 bits per heavy atom. The molecule has 8 heteroatoms. The molecule has 2 rings (SSSR count). The van der Waals surface area contributed by atoms with E-state index in [1.165, 1.54) is 13.2 Å². The minimum atomic E-state index is -1.07. The van der Waals surface area contributed by atoms with Crippen molar-refractivity contribution in [2.45, 2.75) is 54.8 Å². The fraction of sp³-hybridized carbons (Fsp3) is 0.688. The first-order chi connectivity index (χ1) is 11.0. The van der Waals surface area contributed by atoms with Gasteiger partial charge >= 0.3 is 11.9 Å². The van der Waals surface area contributed by atoms with Gasteiger partial charge in [-0.3, -0.25) is 4.79 Å². The summed E-state index contributed by atoms with van der Waals surface area (Å²) in [5.41, 5.74) is -1.61. The van der Waals surface area contributed by atoms with Crippen LogP contribution in [0.1, 0.15) is 33.6 Å². The van der Waals surface area contributed by atoms with Crippen molar-refractivity contribution in [2.24, 2.45) is 5.92 Å². The Kier molecular flexibility index (Phi) is 5.29. The molecule has 1 fully saturated rings. The zero-order valence-corrected chi connectivity index (χ0v) is 16.2. The van der Waals surface area contributed by atoms with Gasteiger partial charge in [0.15, 0.2) is 5.54 Å². The number of nitrogens with one attached hydrogen (secondary N) is 1. The minimum absolute atomic E-state index is 0.0780. The van der Waals surface area contributed by atoms with E-state index in [1.54, 1.807) is 20.8 Å². The molecule has 0 radical (unpaired) electrons. The summed E-state index contributed by atoms with van der Waals surface area (Å²) in [5, 5.41) is 12.5. The normalized spacial score (nSPS) is 31.9. The number of rotatable bonds is 4. The molecule has 4 atom stereocenters. The summed E-state index contributed by atoms with van der Waals surface area (Å²) >= 11 is 2.09. The fourth-order valence-electron chi connectivity index (χ4n) is 2.63. The summed E-state index contributed by atoms with van der Waals surface area (Å²) in [6.07, 6.45) is 1.000. The van der Waals surface area contributed by atoms with Gasteiger partial charge in [-0.05, 0) is 39.7 Å². The number of methoxy groups -OCH3 is 1. The quantitative estimate of drug-likeness (QED) is 0.374. The van der Waals surface area contributed by atoms with Gasteiger partial charge < -0.3 is 19.9 Å². The van der Waals surface area contributed by atoms with Crippen LogP contribution in [0.5, 0.6) is 0 Å². The van der Waals surface area contributed by atoms with Crippen LogP contribution in [0.2, 0.25) is 0 Å². The maximum absolute atomic E-state index is 12.6. The Labute approximate surface area is 154 Å². The van der Waals surface area contributed by atoms with Gasteiger partial charge in [-0.15, -0.1) is 0 Å². The first kappa shape index (κ1) is 19.2. The number of esters is 2. The Balaban J connectivity index is 2.12. The molecule has 134 valence electrons. The lowest BCUT2D eigenvalue weighted by Gasteiger charge is -2.26. The molecule has 2 aliphatic rings. The highest BCUT2D eigenvalue weighted by atomic mass is 127. The van der Waals surface area contributed by atoms with Crippen molar-refractivity contribution < 1.29 is 29.0 Å². The largest absolute Gasteiger partial charge is 0.466 e. The number of amides is 1. The van der Waals surface area contributed by atoms with Gasteiger partial charge in [0.05, 0.1) is 19.1 Å². The maximum Gasteiger partial charge on any atom is 0.334 e. The Morgan fingerprint density at radius 2 is 1.96 bits per heavy atom. The van der Waals surface area contributed by atoms with Crippen LogP contribution in [-0.4, -0.2) is 51.2 Å². The number of alkyl halides is 1. The zero-order valence-electron chi connectivity index (χ0n) is 14.1. The van der Waals surface area contributed by atoms with Gasteiger partial charge in [-0.1, -0.05) is 22.6 Å². The van der Waals surface area contributed by atoms with E-state index in [2.05, 4.69) is 32.6 Å². The molecule has 0 spiro atoms. The van der Waals surface area contributed by atoms with E-state index >= 15 is 0 Å². The summed E-state index contributed by atoms with van der Waals surface area (Å²) in [7, 11) is 1.22. The highest BCUT2D eigenvalue weighted by molar-refractivity contribution is 14.1. The van der Waals surface area contributed by atoms with Crippen LogP contribution in [0, 0.1) is 5.92 Å². The number of carbonyl (C=O) groups excluding carboxylic acids is 3.